The van der Waals surface area contributed by atoms with Crippen LogP contribution in [0, 0.1) is 0 Å². The number of benzene rings is 1. The fourth-order valence-corrected chi connectivity index (χ4v) is 2.23. The summed E-state index contributed by atoms with van der Waals surface area (Å²) >= 11 is 1.71. The molecule has 0 aliphatic carbocycles. The van der Waals surface area contributed by atoms with Crippen LogP contribution in [0.2, 0.25) is 0 Å². The number of rotatable bonds is 4. The third kappa shape index (κ3) is 3.32. The lowest BCUT2D eigenvalue weighted by Gasteiger charge is -1.97. The average Bonchev–Trinajstić information content (AvgIpc) is 2.89. The van der Waals surface area contributed by atoms with Gasteiger partial charge in [0.05, 0.1) is 0 Å². The Morgan fingerprint density at radius 3 is 2.71 bits per heavy atom. The lowest BCUT2D eigenvalue weighted by atomic mass is 10.1. The molecule has 0 spiro atoms. The van der Waals surface area contributed by atoms with Crippen LogP contribution in [0.5, 0.6) is 0 Å². The summed E-state index contributed by atoms with van der Waals surface area (Å²) in [6.07, 6.45) is 4.79. The van der Waals surface area contributed by atoms with Gasteiger partial charge in [0.25, 0.3) is 0 Å². The van der Waals surface area contributed by atoms with E-state index in [1.54, 1.807) is 11.3 Å². The van der Waals surface area contributed by atoms with E-state index in [0.29, 0.717) is 0 Å². The molecule has 0 amide bonds. The molecule has 0 aliphatic heterocycles. The van der Waals surface area contributed by atoms with Crippen molar-refractivity contribution in [3.05, 3.63) is 76.7 Å². The minimum absolute atomic E-state index is 0.847. The number of allylic oxidation sites excluding steroid dienone is 2. The van der Waals surface area contributed by atoms with Crippen LogP contribution in [0.1, 0.15) is 17.5 Å². The van der Waals surface area contributed by atoms with Gasteiger partial charge in [0, 0.05) is 5.57 Å². The summed E-state index contributed by atoms with van der Waals surface area (Å²) in [6.45, 7) is 3.79. The summed E-state index contributed by atoms with van der Waals surface area (Å²) in [5.74, 6) is 0. The highest BCUT2D eigenvalue weighted by Gasteiger charge is 1.98. The van der Waals surface area contributed by atoms with Crippen LogP contribution in [0.15, 0.2) is 65.5 Å². The maximum absolute atomic E-state index is 3.79. The summed E-state index contributed by atoms with van der Waals surface area (Å²) < 4.78 is 0. The van der Waals surface area contributed by atoms with Crippen LogP contribution in [0.4, 0.5) is 0 Å². The van der Waals surface area contributed by atoms with Crippen molar-refractivity contribution in [2.45, 2.75) is 6.42 Å². The Hall–Kier alpha value is -1.82. The Morgan fingerprint density at radius 1 is 1.24 bits per heavy atom. The number of hydrogen-bond acceptors (Lipinski definition) is 1. The molecule has 17 heavy (non-hydrogen) atoms. The predicted octanol–water partition coefficient (Wildman–Crippen LogP) is 5.02. The minimum atomic E-state index is 0.847. The third-order valence-electron chi connectivity index (χ3n) is 2.43. The van der Waals surface area contributed by atoms with Crippen molar-refractivity contribution in [1.82, 2.24) is 0 Å². The zero-order valence-electron chi connectivity index (χ0n) is 9.60. The van der Waals surface area contributed by atoms with Crippen molar-refractivity contribution < 1.29 is 0 Å². The molecule has 1 aromatic heterocycles. The van der Waals surface area contributed by atoms with Gasteiger partial charge in [0.15, 0.2) is 0 Å². The first kappa shape index (κ1) is 11.7. The Balaban J connectivity index is 2.33. The fourth-order valence-electron chi connectivity index (χ4n) is 1.56. The summed E-state index contributed by atoms with van der Waals surface area (Å²) in [6, 6.07) is 12.4. The summed E-state index contributed by atoms with van der Waals surface area (Å²) in [7, 11) is 0. The molecular formula is C16H14S. The van der Waals surface area contributed by atoms with E-state index < -0.39 is 0 Å². The molecule has 0 nitrogen and oxygen atoms in total. The fraction of sp³-hybridized carbons (Fsp3) is 0.0625. The van der Waals surface area contributed by atoms with E-state index in [1.807, 2.05) is 30.4 Å². The largest absolute Gasteiger partial charge is 0.152 e. The van der Waals surface area contributed by atoms with Gasteiger partial charge in [-0.1, -0.05) is 36.4 Å². The smallest absolute Gasteiger partial charge is 0.00582 e. The molecule has 1 heteroatoms. The van der Waals surface area contributed by atoms with Crippen LogP contribution in [0.3, 0.4) is 0 Å². The third-order valence-corrected chi connectivity index (χ3v) is 3.11. The monoisotopic (exact) mass is 238 g/mol. The standard InChI is InChI=1S/C16H14S/c1-2-6-15(16-11-12-17-13-16)10-9-14-7-4-3-5-8-14/h2-5,7-9,11-13H,1,6H2. The SMILES string of the molecule is C=CCC(=C=Cc1ccccc1)c1ccsc1. The van der Waals surface area contributed by atoms with Gasteiger partial charge in [-0.05, 0) is 40.5 Å². The second-order valence-corrected chi connectivity index (χ2v) is 4.46. The number of thiophene rings is 1. The van der Waals surface area contributed by atoms with Crippen LogP contribution >= 0.6 is 11.3 Å². The molecule has 0 atom stereocenters. The van der Waals surface area contributed by atoms with Gasteiger partial charge in [-0.25, -0.2) is 0 Å². The van der Waals surface area contributed by atoms with Gasteiger partial charge in [0.2, 0.25) is 0 Å². The van der Waals surface area contributed by atoms with Crippen molar-refractivity contribution in [1.29, 1.82) is 0 Å². The zero-order valence-corrected chi connectivity index (χ0v) is 10.4. The van der Waals surface area contributed by atoms with E-state index >= 15 is 0 Å². The van der Waals surface area contributed by atoms with E-state index in [1.165, 1.54) is 16.7 Å². The molecule has 84 valence electrons. The van der Waals surface area contributed by atoms with Crippen LogP contribution < -0.4 is 0 Å². The van der Waals surface area contributed by atoms with Crippen molar-refractivity contribution >= 4 is 23.0 Å². The molecule has 0 saturated heterocycles. The van der Waals surface area contributed by atoms with Crippen LogP contribution in [0.25, 0.3) is 11.6 Å². The van der Waals surface area contributed by atoms with E-state index in [4.69, 9.17) is 0 Å². The van der Waals surface area contributed by atoms with E-state index in [0.717, 1.165) is 6.42 Å². The molecule has 1 aromatic carbocycles. The first-order chi connectivity index (χ1) is 8.40. The lowest BCUT2D eigenvalue weighted by Crippen LogP contribution is -1.76. The maximum Gasteiger partial charge on any atom is 0.00582 e. The van der Waals surface area contributed by atoms with Gasteiger partial charge < -0.3 is 0 Å². The Bertz CT molecular complexity index is 526. The van der Waals surface area contributed by atoms with Crippen LogP contribution in [-0.4, -0.2) is 0 Å². The highest BCUT2D eigenvalue weighted by atomic mass is 32.1. The highest BCUT2D eigenvalue weighted by molar-refractivity contribution is 7.08. The molecule has 2 rings (SSSR count). The molecule has 0 radical (unpaired) electrons. The quantitative estimate of drug-likeness (QED) is 0.518. The molecule has 0 aliphatic rings. The zero-order chi connectivity index (χ0) is 11.9. The van der Waals surface area contributed by atoms with E-state index in [2.05, 4.69) is 41.3 Å². The molecule has 0 bridgehead atoms. The Kier molecular flexibility index (Phi) is 4.15. The molecule has 2 aromatic rings. The van der Waals surface area contributed by atoms with Gasteiger partial charge in [-0.3, -0.25) is 0 Å². The molecule has 0 fully saturated rings. The second-order valence-electron chi connectivity index (χ2n) is 3.68. The molecule has 0 N–H and O–H groups in total. The highest BCUT2D eigenvalue weighted by Crippen LogP contribution is 2.20. The first-order valence-corrected chi connectivity index (χ1v) is 6.48. The van der Waals surface area contributed by atoms with Crippen molar-refractivity contribution in [3.8, 4) is 0 Å². The van der Waals surface area contributed by atoms with Gasteiger partial charge in [0.1, 0.15) is 0 Å². The van der Waals surface area contributed by atoms with Crippen LogP contribution in [-0.2, 0) is 0 Å². The van der Waals surface area contributed by atoms with Gasteiger partial charge >= 0.3 is 0 Å². The van der Waals surface area contributed by atoms with Gasteiger partial charge in [-0.2, -0.15) is 11.3 Å². The van der Waals surface area contributed by atoms with Crippen molar-refractivity contribution in [2.75, 3.05) is 0 Å². The average molecular weight is 238 g/mol. The van der Waals surface area contributed by atoms with Gasteiger partial charge in [-0.15, -0.1) is 12.3 Å². The molecular weight excluding hydrogens is 224 g/mol. The Morgan fingerprint density at radius 2 is 2.06 bits per heavy atom. The summed E-state index contributed by atoms with van der Waals surface area (Å²) in [5.41, 5.74) is 6.96. The maximum atomic E-state index is 3.79. The lowest BCUT2D eigenvalue weighted by molar-refractivity contribution is 1.42. The summed E-state index contributed by atoms with van der Waals surface area (Å²) in [4.78, 5) is 0. The molecule has 0 saturated carbocycles. The van der Waals surface area contributed by atoms with E-state index in [9.17, 15) is 0 Å². The number of hydrogen-bond donors (Lipinski definition) is 0. The topological polar surface area (TPSA) is 0 Å². The van der Waals surface area contributed by atoms with Crippen molar-refractivity contribution in [3.63, 3.8) is 0 Å². The van der Waals surface area contributed by atoms with Crippen molar-refractivity contribution in [2.24, 2.45) is 0 Å². The predicted molar refractivity (Wildman–Crippen MR) is 77.0 cm³/mol. The Labute approximate surface area is 106 Å². The normalized spacial score (nSPS) is 9.41. The molecule has 0 unspecified atom stereocenters. The van der Waals surface area contributed by atoms with E-state index in [-0.39, 0.29) is 0 Å². The minimum Gasteiger partial charge on any atom is -0.152 e. The first-order valence-electron chi connectivity index (χ1n) is 5.54. The molecule has 1 heterocycles. The summed E-state index contributed by atoms with van der Waals surface area (Å²) in [5, 5.41) is 4.23. The second kappa shape index (κ2) is 6.05.